The van der Waals surface area contributed by atoms with Gasteiger partial charge in [0.2, 0.25) is 15.9 Å². The maximum absolute atomic E-state index is 12.0. The Balaban J connectivity index is 2.11. The van der Waals surface area contributed by atoms with Crippen molar-refractivity contribution in [1.82, 2.24) is 10.0 Å². The molecule has 1 amide bonds. The molecule has 0 radical (unpaired) electrons. The lowest BCUT2D eigenvalue weighted by Gasteiger charge is -2.12. The SMILES string of the molecule is CNS(=O)(=O)c1ccccc1NC(=O)CC1CCNC1. The average Bonchev–Trinajstić information content (AvgIpc) is 2.92. The Bertz CT molecular complexity index is 580. The number of hydrogen-bond donors (Lipinski definition) is 3. The molecule has 110 valence electrons. The lowest BCUT2D eigenvalue weighted by atomic mass is 10.0. The maximum atomic E-state index is 12.0. The third-order valence-corrected chi connectivity index (χ3v) is 4.83. The van der Waals surface area contributed by atoms with Gasteiger partial charge in [-0.25, -0.2) is 13.1 Å². The zero-order chi connectivity index (χ0) is 14.6. The Morgan fingerprint density at radius 1 is 1.40 bits per heavy atom. The lowest BCUT2D eigenvalue weighted by molar-refractivity contribution is -0.117. The van der Waals surface area contributed by atoms with Crippen molar-refractivity contribution in [3.05, 3.63) is 24.3 Å². The van der Waals surface area contributed by atoms with Gasteiger partial charge in [0.05, 0.1) is 5.69 Å². The van der Waals surface area contributed by atoms with E-state index in [0.29, 0.717) is 18.0 Å². The molecule has 0 bridgehead atoms. The van der Waals surface area contributed by atoms with Crippen molar-refractivity contribution in [3.8, 4) is 0 Å². The molecular weight excluding hydrogens is 278 g/mol. The van der Waals surface area contributed by atoms with Crippen molar-refractivity contribution in [2.75, 3.05) is 25.5 Å². The summed E-state index contributed by atoms with van der Waals surface area (Å²) in [5.74, 6) is 0.167. The van der Waals surface area contributed by atoms with Crippen LogP contribution in [-0.2, 0) is 14.8 Å². The number of hydrogen-bond acceptors (Lipinski definition) is 4. The summed E-state index contributed by atoms with van der Waals surface area (Å²) in [7, 11) is -2.23. The molecule has 1 aromatic carbocycles. The third kappa shape index (κ3) is 3.56. The fourth-order valence-corrected chi connectivity index (χ4v) is 3.15. The van der Waals surface area contributed by atoms with Crippen LogP contribution in [0.5, 0.6) is 0 Å². The molecule has 20 heavy (non-hydrogen) atoms. The van der Waals surface area contributed by atoms with Crippen LogP contribution in [0.1, 0.15) is 12.8 Å². The molecule has 1 heterocycles. The van der Waals surface area contributed by atoms with Gasteiger partial charge in [-0.15, -0.1) is 0 Å². The number of sulfonamides is 1. The molecular formula is C13H19N3O3S. The first kappa shape index (κ1) is 15.0. The van der Waals surface area contributed by atoms with Gasteiger partial charge in [0.1, 0.15) is 4.90 Å². The van der Waals surface area contributed by atoms with E-state index in [1.165, 1.54) is 13.1 Å². The summed E-state index contributed by atoms with van der Waals surface area (Å²) in [4.78, 5) is 12.1. The molecule has 0 spiro atoms. The van der Waals surface area contributed by atoms with Gasteiger partial charge in [0.25, 0.3) is 0 Å². The van der Waals surface area contributed by atoms with Gasteiger partial charge in [0.15, 0.2) is 0 Å². The average molecular weight is 297 g/mol. The second-order valence-corrected chi connectivity index (χ2v) is 6.67. The number of amides is 1. The summed E-state index contributed by atoms with van der Waals surface area (Å²) in [5, 5.41) is 5.89. The number of rotatable bonds is 5. The van der Waals surface area contributed by atoms with E-state index >= 15 is 0 Å². The van der Waals surface area contributed by atoms with Gasteiger partial charge < -0.3 is 10.6 Å². The normalized spacial score (nSPS) is 18.9. The number of carbonyl (C=O) groups excluding carboxylic acids is 1. The molecule has 1 fully saturated rings. The van der Waals surface area contributed by atoms with Crippen LogP contribution in [0, 0.1) is 5.92 Å². The maximum Gasteiger partial charge on any atom is 0.242 e. The van der Waals surface area contributed by atoms with Crippen LogP contribution in [0.25, 0.3) is 0 Å². The van der Waals surface area contributed by atoms with Crippen molar-refractivity contribution in [1.29, 1.82) is 0 Å². The number of nitrogens with one attached hydrogen (secondary N) is 3. The summed E-state index contributed by atoms with van der Waals surface area (Å²) in [6.07, 6.45) is 1.38. The fourth-order valence-electron chi connectivity index (χ4n) is 2.27. The number of para-hydroxylation sites is 1. The highest BCUT2D eigenvalue weighted by atomic mass is 32.2. The van der Waals surface area contributed by atoms with E-state index in [1.54, 1.807) is 18.2 Å². The highest BCUT2D eigenvalue weighted by Crippen LogP contribution is 2.21. The molecule has 3 N–H and O–H groups in total. The standard InChI is InChI=1S/C13H19N3O3S/c1-14-20(18,19)12-5-3-2-4-11(12)16-13(17)8-10-6-7-15-9-10/h2-5,10,14-15H,6-9H2,1H3,(H,16,17). The van der Waals surface area contributed by atoms with Gasteiger partial charge in [0, 0.05) is 6.42 Å². The Morgan fingerprint density at radius 2 is 2.15 bits per heavy atom. The van der Waals surface area contributed by atoms with Crippen LogP contribution < -0.4 is 15.4 Å². The van der Waals surface area contributed by atoms with Crippen molar-refractivity contribution in [2.24, 2.45) is 5.92 Å². The first-order chi connectivity index (χ1) is 9.53. The second-order valence-electron chi connectivity index (χ2n) is 4.81. The molecule has 1 unspecified atom stereocenters. The molecule has 1 atom stereocenters. The molecule has 1 saturated heterocycles. The lowest BCUT2D eigenvalue weighted by Crippen LogP contribution is -2.23. The van der Waals surface area contributed by atoms with Crippen LogP contribution in [0.2, 0.25) is 0 Å². The molecule has 6 nitrogen and oxygen atoms in total. The van der Waals surface area contributed by atoms with E-state index in [-0.39, 0.29) is 10.8 Å². The summed E-state index contributed by atoms with van der Waals surface area (Å²) in [5.41, 5.74) is 0.317. The zero-order valence-corrected chi connectivity index (χ0v) is 12.2. The van der Waals surface area contributed by atoms with E-state index in [1.807, 2.05) is 0 Å². The predicted molar refractivity (Wildman–Crippen MR) is 76.9 cm³/mol. The van der Waals surface area contributed by atoms with Crippen LogP contribution in [0.15, 0.2) is 29.2 Å². The smallest absolute Gasteiger partial charge is 0.242 e. The molecule has 0 saturated carbocycles. The molecule has 1 aliphatic heterocycles. The molecule has 0 aliphatic carbocycles. The Hall–Kier alpha value is -1.44. The molecule has 0 aromatic heterocycles. The van der Waals surface area contributed by atoms with Crippen molar-refractivity contribution in [2.45, 2.75) is 17.7 Å². The number of carbonyl (C=O) groups is 1. The van der Waals surface area contributed by atoms with Gasteiger partial charge in [-0.2, -0.15) is 0 Å². The quantitative estimate of drug-likeness (QED) is 0.740. The number of anilines is 1. The molecule has 2 rings (SSSR count). The monoisotopic (exact) mass is 297 g/mol. The van der Waals surface area contributed by atoms with Crippen LogP contribution in [0.4, 0.5) is 5.69 Å². The minimum atomic E-state index is -3.58. The van der Waals surface area contributed by atoms with Crippen molar-refractivity contribution < 1.29 is 13.2 Å². The summed E-state index contributed by atoms with van der Waals surface area (Å²) in [6.45, 7) is 1.77. The highest BCUT2D eigenvalue weighted by molar-refractivity contribution is 7.89. The van der Waals surface area contributed by atoms with E-state index in [9.17, 15) is 13.2 Å². The predicted octanol–water partition coefficient (Wildman–Crippen LogP) is 0.533. The van der Waals surface area contributed by atoms with E-state index in [0.717, 1.165) is 19.5 Å². The van der Waals surface area contributed by atoms with Gasteiger partial charge in [-0.05, 0) is 44.6 Å². The van der Waals surface area contributed by atoms with Gasteiger partial charge in [-0.1, -0.05) is 12.1 Å². The molecule has 1 aliphatic rings. The fraction of sp³-hybridized carbons (Fsp3) is 0.462. The highest BCUT2D eigenvalue weighted by Gasteiger charge is 2.21. The zero-order valence-electron chi connectivity index (χ0n) is 11.3. The van der Waals surface area contributed by atoms with Crippen molar-refractivity contribution in [3.63, 3.8) is 0 Å². The Labute approximate surface area is 119 Å². The van der Waals surface area contributed by atoms with Gasteiger partial charge in [-0.3, -0.25) is 4.79 Å². The van der Waals surface area contributed by atoms with Crippen LogP contribution >= 0.6 is 0 Å². The molecule has 7 heteroatoms. The topological polar surface area (TPSA) is 87.3 Å². The van der Waals surface area contributed by atoms with E-state index in [2.05, 4.69) is 15.4 Å². The third-order valence-electron chi connectivity index (χ3n) is 3.36. The van der Waals surface area contributed by atoms with Crippen LogP contribution in [-0.4, -0.2) is 34.5 Å². The summed E-state index contributed by atoms with van der Waals surface area (Å²) < 4.78 is 26.0. The van der Waals surface area contributed by atoms with E-state index < -0.39 is 10.0 Å². The first-order valence-electron chi connectivity index (χ1n) is 6.56. The van der Waals surface area contributed by atoms with E-state index in [4.69, 9.17) is 0 Å². The minimum absolute atomic E-state index is 0.0837. The largest absolute Gasteiger partial charge is 0.325 e. The first-order valence-corrected chi connectivity index (χ1v) is 8.04. The summed E-state index contributed by atoms with van der Waals surface area (Å²) >= 11 is 0. The minimum Gasteiger partial charge on any atom is -0.325 e. The van der Waals surface area contributed by atoms with Gasteiger partial charge >= 0.3 is 0 Å². The summed E-state index contributed by atoms with van der Waals surface area (Å²) in [6, 6.07) is 6.38. The van der Waals surface area contributed by atoms with Crippen LogP contribution in [0.3, 0.4) is 0 Å². The Morgan fingerprint density at radius 3 is 2.80 bits per heavy atom. The second kappa shape index (κ2) is 6.34. The van der Waals surface area contributed by atoms with Crippen molar-refractivity contribution >= 4 is 21.6 Å². The number of benzene rings is 1. The molecule has 1 aromatic rings. The Kier molecular flexibility index (Phi) is 4.74.